The van der Waals surface area contributed by atoms with Crippen LogP contribution in [0.1, 0.15) is 59.3 Å². The highest BCUT2D eigenvalue weighted by Gasteiger charge is 2.24. The van der Waals surface area contributed by atoms with Crippen LogP contribution in [0.25, 0.3) is 0 Å². The van der Waals surface area contributed by atoms with Gasteiger partial charge in [0.1, 0.15) is 0 Å². The lowest BCUT2D eigenvalue weighted by molar-refractivity contribution is 0.181. The van der Waals surface area contributed by atoms with E-state index >= 15 is 0 Å². The first-order valence-corrected chi connectivity index (χ1v) is 8.61. The van der Waals surface area contributed by atoms with Gasteiger partial charge >= 0.3 is 0 Å². The SMILES string of the molecule is CC1CCC(CNCC(C(C)C)N2CCCC2)CC1. The van der Waals surface area contributed by atoms with Crippen LogP contribution in [0.3, 0.4) is 0 Å². The van der Waals surface area contributed by atoms with Crippen molar-refractivity contribution in [2.45, 2.75) is 65.3 Å². The van der Waals surface area contributed by atoms with E-state index in [-0.39, 0.29) is 0 Å². The van der Waals surface area contributed by atoms with Crippen LogP contribution < -0.4 is 5.32 Å². The Labute approximate surface area is 120 Å². The summed E-state index contributed by atoms with van der Waals surface area (Å²) in [5.74, 6) is 2.70. The molecule has 1 aliphatic heterocycles. The van der Waals surface area contributed by atoms with Crippen LogP contribution in [-0.2, 0) is 0 Å². The minimum absolute atomic E-state index is 0.755. The van der Waals surface area contributed by atoms with Crippen molar-refractivity contribution in [3.63, 3.8) is 0 Å². The van der Waals surface area contributed by atoms with Gasteiger partial charge in [-0.2, -0.15) is 0 Å². The average Bonchev–Trinajstić information content (AvgIpc) is 2.90. The van der Waals surface area contributed by atoms with Crippen LogP contribution in [0.2, 0.25) is 0 Å². The Balaban J connectivity index is 1.67. The van der Waals surface area contributed by atoms with E-state index in [1.54, 1.807) is 0 Å². The number of likely N-dealkylation sites (tertiary alicyclic amines) is 1. The fraction of sp³-hybridized carbons (Fsp3) is 1.00. The van der Waals surface area contributed by atoms with Crippen molar-refractivity contribution in [3.8, 4) is 0 Å². The van der Waals surface area contributed by atoms with E-state index in [2.05, 4.69) is 31.0 Å². The highest BCUT2D eigenvalue weighted by atomic mass is 15.2. The molecular weight excluding hydrogens is 232 g/mol. The number of nitrogens with zero attached hydrogens (tertiary/aromatic N) is 1. The molecule has 1 saturated heterocycles. The Morgan fingerprint density at radius 1 is 1.05 bits per heavy atom. The van der Waals surface area contributed by atoms with Crippen LogP contribution in [-0.4, -0.2) is 37.1 Å². The normalized spacial score (nSPS) is 30.9. The van der Waals surface area contributed by atoms with Crippen molar-refractivity contribution in [2.24, 2.45) is 17.8 Å². The molecule has 1 N–H and O–H groups in total. The molecule has 1 heterocycles. The van der Waals surface area contributed by atoms with Gasteiger partial charge < -0.3 is 5.32 Å². The molecule has 1 atom stereocenters. The van der Waals surface area contributed by atoms with E-state index in [0.717, 1.165) is 23.8 Å². The van der Waals surface area contributed by atoms with E-state index < -0.39 is 0 Å². The molecule has 19 heavy (non-hydrogen) atoms. The van der Waals surface area contributed by atoms with Gasteiger partial charge in [0.2, 0.25) is 0 Å². The second-order valence-corrected chi connectivity index (χ2v) is 7.34. The van der Waals surface area contributed by atoms with Crippen LogP contribution >= 0.6 is 0 Å². The summed E-state index contributed by atoms with van der Waals surface area (Å²) in [6.07, 6.45) is 8.61. The summed E-state index contributed by atoms with van der Waals surface area (Å²) in [4.78, 5) is 2.71. The predicted octanol–water partition coefficient (Wildman–Crippen LogP) is 3.52. The Hall–Kier alpha value is -0.0800. The zero-order valence-corrected chi connectivity index (χ0v) is 13.3. The third-order valence-electron chi connectivity index (χ3n) is 5.30. The van der Waals surface area contributed by atoms with E-state index in [9.17, 15) is 0 Å². The fourth-order valence-corrected chi connectivity index (χ4v) is 3.83. The lowest BCUT2D eigenvalue weighted by Gasteiger charge is -2.32. The summed E-state index contributed by atoms with van der Waals surface area (Å²) < 4.78 is 0. The van der Waals surface area contributed by atoms with Gasteiger partial charge in [-0.15, -0.1) is 0 Å². The Kier molecular flexibility index (Phi) is 6.15. The van der Waals surface area contributed by atoms with Crippen molar-refractivity contribution in [1.29, 1.82) is 0 Å². The highest BCUT2D eigenvalue weighted by Crippen LogP contribution is 2.27. The van der Waals surface area contributed by atoms with Crippen LogP contribution in [0, 0.1) is 17.8 Å². The van der Waals surface area contributed by atoms with Crippen LogP contribution in [0.5, 0.6) is 0 Å². The van der Waals surface area contributed by atoms with Gasteiger partial charge in [-0.25, -0.2) is 0 Å². The number of hydrogen-bond donors (Lipinski definition) is 1. The quantitative estimate of drug-likeness (QED) is 0.791. The molecule has 112 valence electrons. The molecule has 2 heteroatoms. The molecule has 0 radical (unpaired) electrons. The maximum Gasteiger partial charge on any atom is 0.0243 e. The van der Waals surface area contributed by atoms with E-state index in [0.29, 0.717) is 0 Å². The highest BCUT2D eigenvalue weighted by molar-refractivity contribution is 4.81. The summed E-state index contributed by atoms with van der Waals surface area (Å²) in [5.41, 5.74) is 0. The summed E-state index contributed by atoms with van der Waals surface area (Å²) in [6, 6.07) is 0.755. The van der Waals surface area contributed by atoms with Crippen molar-refractivity contribution in [2.75, 3.05) is 26.2 Å². The molecule has 2 nitrogen and oxygen atoms in total. The zero-order chi connectivity index (χ0) is 13.7. The second kappa shape index (κ2) is 7.64. The maximum atomic E-state index is 3.79. The lowest BCUT2D eigenvalue weighted by Crippen LogP contribution is -2.45. The number of hydrogen-bond acceptors (Lipinski definition) is 2. The van der Waals surface area contributed by atoms with Crippen LogP contribution in [0.4, 0.5) is 0 Å². The molecule has 0 spiro atoms. The first-order valence-electron chi connectivity index (χ1n) is 8.61. The second-order valence-electron chi connectivity index (χ2n) is 7.34. The van der Waals surface area contributed by atoms with Gasteiger partial charge in [0.05, 0.1) is 0 Å². The minimum atomic E-state index is 0.755. The molecule has 2 aliphatic rings. The van der Waals surface area contributed by atoms with Gasteiger partial charge in [-0.3, -0.25) is 4.90 Å². The van der Waals surface area contributed by atoms with Crippen molar-refractivity contribution in [3.05, 3.63) is 0 Å². The molecule has 2 rings (SSSR count). The Bertz CT molecular complexity index is 238. The third-order valence-corrected chi connectivity index (χ3v) is 5.30. The first-order chi connectivity index (χ1) is 9.16. The van der Waals surface area contributed by atoms with E-state index in [1.807, 2.05) is 0 Å². The van der Waals surface area contributed by atoms with Crippen molar-refractivity contribution in [1.82, 2.24) is 10.2 Å². The molecular formula is C17H34N2. The lowest BCUT2D eigenvalue weighted by atomic mass is 9.83. The molecule has 1 unspecified atom stereocenters. The van der Waals surface area contributed by atoms with Gasteiger partial charge in [-0.1, -0.05) is 33.6 Å². The van der Waals surface area contributed by atoms with Gasteiger partial charge in [-0.05, 0) is 63.1 Å². The first kappa shape index (κ1) is 15.3. The standard InChI is InChI=1S/C17H34N2/c1-14(2)17(19-10-4-5-11-19)13-18-12-16-8-6-15(3)7-9-16/h14-18H,4-13H2,1-3H3. The fourth-order valence-electron chi connectivity index (χ4n) is 3.83. The third kappa shape index (κ3) is 4.75. The molecule has 1 aliphatic carbocycles. The molecule has 1 saturated carbocycles. The van der Waals surface area contributed by atoms with Crippen LogP contribution in [0.15, 0.2) is 0 Å². The summed E-state index contributed by atoms with van der Waals surface area (Å²) in [5, 5.41) is 3.79. The van der Waals surface area contributed by atoms with Gasteiger partial charge in [0.25, 0.3) is 0 Å². The van der Waals surface area contributed by atoms with Crippen molar-refractivity contribution >= 4 is 0 Å². The predicted molar refractivity (Wildman–Crippen MR) is 83.4 cm³/mol. The molecule has 0 aromatic heterocycles. The van der Waals surface area contributed by atoms with Gasteiger partial charge in [0, 0.05) is 12.6 Å². The molecule has 0 aromatic carbocycles. The average molecular weight is 266 g/mol. The topological polar surface area (TPSA) is 15.3 Å². The smallest absolute Gasteiger partial charge is 0.0243 e. The largest absolute Gasteiger partial charge is 0.315 e. The Morgan fingerprint density at radius 2 is 1.68 bits per heavy atom. The zero-order valence-electron chi connectivity index (χ0n) is 13.3. The minimum Gasteiger partial charge on any atom is -0.315 e. The number of nitrogens with one attached hydrogen (secondary N) is 1. The summed E-state index contributed by atoms with van der Waals surface area (Å²) in [7, 11) is 0. The molecule has 0 bridgehead atoms. The monoisotopic (exact) mass is 266 g/mol. The summed E-state index contributed by atoms with van der Waals surface area (Å²) in [6.45, 7) is 12.3. The summed E-state index contributed by atoms with van der Waals surface area (Å²) >= 11 is 0. The number of rotatable bonds is 6. The molecule has 0 aromatic rings. The maximum absolute atomic E-state index is 3.79. The van der Waals surface area contributed by atoms with E-state index in [4.69, 9.17) is 0 Å². The molecule has 2 fully saturated rings. The Morgan fingerprint density at radius 3 is 2.26 bits per heavy atom. The van der Waals surface area contributed by atoms with E-state index in [1.165, 1.54) is 64.7 Å². The van der Waals surface area contributed by atoms with Crippen molar-refractivity contribution < 1.29 is 0 Å². The van der Waals surface area contributed by atoms with Gasteiger partial charge in [0.15, 0.2) is 0 Å². The molecule has 0 amide bonds.